The fourth-order valence-corrected chi connectivity index (χ4v) is 8.30. The Morgan fingerprint density at radius 3 is 1.58 bits per heavy atom. The second-order valence-corrected chi connectivity index (χ2v) is 12.0. The van der Waals surface area contributed by atoms with Crippen LogP contribution in [-0.2, 0) is 28.3 Å². The molecule has 0 heterocycles. The van der Waals surface area contributed by atoms with Crippen molar-refractivity contribution in [3.8, 4) is 0 Å². The summed E-state index contributed by atoms with van der Waals surface area (Å²) in [6, 6.07) is 0. The zero-order chi connectivity index (χ0) is 19.1. The maximum Gasteiger partial charge on any atom is 0.333 e. The van der Waals surface area contributed by atoms with Crippen molar-refractivity contribution >= 4 is 26.2 Å². The number of hydrogen-bond acceptors (Lipinski definition) is 6. The van der Waals surface area contributed by atoms with Gasteiger partial charge in [0, 0.05) is 12.2 Å². The first kappa shape index (κ1) is 22.4. The molecule has 0 amide bonds. The second-order valence-electron chi connectivity index (χ2n) is 6.67. The first-order valence-electron chi connectivity index (χ1n) is 8.18. The Morgan fingerprint density at radius 2 is 1.21 bits per heavy atom. The maximum absolute atomic E-state index is 12.4. The minimum atomic E-state index is -2.38. The van der Waals surface area contributed by atoms with Crippen molar-refractivity contribution in [1.29, 1.82) is 0 Å². The second kappa shape index (κ2) is 9.61. The first-order chi connectivity index (χ1) is 11.0. The summed E-state index contributed by atoms with van der Waals surface area (Å²) in [5.74, 6) is -2.01. The third kappa shape index (κ3) is 5.78. The Bertz CT molecular complexity index is 460. The summed E-state index contributed by atoms with van der Waals surface area (Å²) in [6.45, 7) is 13.9. The summed E-state index contributed by atoms with van der Waals surface area (Å²) in [5, 5.41) is 0. The van der Waals surface area contributed by atoms with Crippen LogP contribution in [0.2, 0.25) is 16.6 Å². The lowest BCUT2D eigenvalue weighted by molar-refractivity contribution is -0.158. The molecule has 0 aromatic carbocycles. The number of carbonyl (C=O) groups excluding carboxylic acids is 3. The van der Waals surface area contributed by atoms with E-state index in [0.717, 1.165) is 12.2 Å². The fraction of sp³-hybridized carbons (Fsp3) is 0.706. The Balaban J connectivity index is 5.04. The molecule has 0 N–H and O–H groups in total. The van der Waals surface area contributed by atoms with Crippen molar-refractivity contribution in [2.24, 2.45) is 0 Å². The van der Waals surface area contributed by atoms with Gasteiger partial charge >= 0.3 is 17.9 Å². The highest BCUT2D eigenvalue weighted by Gasteiger charge is 2.48. The van der Waals surface area contributed by atoms with Gasteiger partial charge in [-0.05, 0) is 23.5 Å². The molecule has 24 heavy (non-hydrogen) atoms. The normalized spacial score (nSPS) is 13.5. The third-order valence-corrected chi connectivity index (χ3v) is 10.1. The van der Waals surface area contributed by atoms with Gasteiger partial charge in [-0.15, -0.1) is 0 Å². The summed E-state index contributed by atoms with van der Waals surface area (Å²) in [6.07, 6.45) is 0.826. The SMILES string of the molecule is COC(=O)C=CC(=O)OC(C)C(=O)O[Si](C(C)C)(C(C)C)C(C)C. The van der Waals surface area contributed by atoms with Crippen molar-refractivity contribution in [3.63, 3.8) is 0 Å². The van der Waals surface area contributed by atoms with Crippen LogP contribution in [0.1, 0.15) is 48.5 Å². The van der Waals surface area contributed by atoms with E-state index in [1.165, 1.54) is 14.0 Å². The van der Waals surface area contributed by atoms with Gasteiger partial charge in [-0.3, -0.25) is 0 Å². The molecular formula is C17H30O6Si. The molecule has 0 rings (SSSR count). The molecule has 0 radical (unpaired) electrons. The predicted molar refractivity (Wildman–Crippen MR) is 93.9 cm³/mol. The van der Waals surface area contributed by atoms with E-state index in [9.17, 15) is 14.4 Å². The van der Waals surface area contributed by atoms with Crippen molar-refractivity contribution in [2.75, 3.05) is 7.11 Å². The van der Waals surface area contributed by atoms with Crippen molar-refractivity contribution in [2.45, 2.75) is 71.2 Å². The molecule has 1 atom stereocenters. The summed E-state index contributed by atoms with van der Waals surface area (Å²) < 4.78 is 15.3. The molecule has 1 unspecified atom stereocenters. The monoisotopic (exact) mass is 358 g/mol. The zero-order valence-corrected chi connectivity index (χ0v) is 16.9. The minimum absolute atomic E-state index is 0.239. The van der Waals surface area contributed by atoms with Gasteiger partial charge in [0.15, 0.2) is 6.10 Å². The molecule has 0 aliphatic rings. The Kier molecular flexibility index (Phi) is 8.96. The minimum Gasteiger partial charge on any atom is -0.516 e. The molecule has 138 valence electrons. The largest absolute Gasteiger partial charge is 0.516 e. The molecule has 7 heteroatoms. The molecule has 0 saturated carbocycles. The smallest absolute Gasteiger partial charge is 0.333 e. The number of esters is 2. The van der Waals surface area contributed by atoms with Crippen molar-refractivity contribution in [1.82, 2.24) is 0 Å². The molecule has 0 bridgehead atoms. The van der Waals surface area contributed by atoms with Crippen LogP contribution >= 0.6 is 0 Å². The highest BCUT2D eigenvalue weighted by Crippen LogP contribution is 2.42. The average Bonchev–Trinajstić information content (AvgIpc) is 2.48. The summed E-state index contributed by atoms with van der Waals surface area (Å²) in [4.78, 5) is 35.0. The topological polar surface area (TPSA) is 78.9 Å². The van der Waals surface area contributed by atoms with E-state index >= 15 is 0 Å². The van der Waals surface area contributed by atoms with Crippen LogP contribution in [-0.4, -0.2) is 39.4 Å². The van der Waals surface area contributed by atoms with Gasteiger partial charge in [0.25, 0.3) is 8.32 Å². The van der Waals surface area contributed by atoms with E-state index in [1.807, 2.05) is 0 Å². The van der Waals surface area contributed by atoms with Gasteiger partial charge in [0.2, 0.25) is 0 Å². The zero-order valence-electron chi connectivity index (χ0n) is 15.9. The van der Waals surface area contributed by atoms with Gasteiger partial charge in [0.05, 0.1) is 7.11 Å². The van der Waals surface area contributed by atoms with Crippen LogP contribution in [0.3, 0.4) is 0 Å². The van der Waals surface area contributed by atoms with Crippen LogP contribution < -0.4 is 0 Å². The van der Waals surface area contributed by atoms with E-state index in [2.05, 4.69) is 46.3 Å². The van der Waals surface area contributed by atoms with Crippen molar-refractivity contribution in [3.05, 3.63) is 12.2 Å². The van der Waals surface area contributed by atoms with E-state index < -0.39 is 32.3 Å². The summed E-state index contributed by atoms with van der Waals surface area (Å²) in [5.41, 5.74) is 0.718. The van der Waals surface area contributed by atoms with Crippen LogP contribution in [0.4, 0.5) is 0 Å². The average molecular weight is 359 g/mol. The van der Waals surface area contributed by atoms with Gasteiger partial charge in [-0.25, -0.2) is 14.4 Å². The van der Waals surface area contributed by atoms with Crippen LogP contribution in [0.25, 0.3) is 0 Å². The Labute approximate surface area is 145 Å². The first-order valence-corrected chi connectivity index (χ1v) is 10.3. The molecule has 6 nitrogen and oxygen atoms in total. The lowest BCUT2D eigenvalue weighted by Gasteiger charge is -2.41. The Hall–Kier alpha value is -1.63. The fourth-order valence-electron chi connectivity index (χ4n) is 3.08. The highest BCUT2D eigenvalue weighted by atomic mass is 28.4. The Morgan fingerprint density at radius 1 is 0.792 bits per heavy atom. The molecular weight excluding hydrogens is 328 g/mol. The maximum atomic E-state index is 12.4. The predicted octanol–water partition coefficient (Wildman–Crippen LogP) is 3.37. The molecule has 0 aliphatic heterocycles. The summed E-state index contributed by atoms with van der Waals surface area (Å²) in [7, 11) is -1.18. The number of ether oxygens (including phenoxy) is 2. The van der Waals surface area contributed by atoms with Crippen LogP contribution in [0, 0.1) is 0 Å². The third-order valence-electron chi connectivity index (χ3n) is 4.17. The van der Waals surface area contributed by atoms with Gasteiger partial charge in [-0.2, -0.15) is 0 Å². The molecule has 0 fully saturated rings. The summed E-state index contributed by atoms with van der Waals surface area (Å²) >= 11 is 0. The number of hydrogen-bond donors (Lipinski definition) is 0. The highest BCUT2D eigenvalue weighted by molar-refractivity contribution is 6.78. The van der Waals surface area contributed by atoms with Gasteiger partial charge in [0.1, 0.15) is 0 Å². The van der Waals surface area contributed by atoms with Crippen LogP contribution in [0.5, 0.6) is 0 Å². The van der Waals surface area contributed by atoms with E-state index in [0.29, 0.717) is 0 Å². The lowest BCUT2D eigenvalue weighted by Crippen LogP contribution is -2.51. The molecule has 0 aromatic heterocycles. The van der Waals surface area contributed by atoms with Crippen molar-refractivity contribution < 1.29 is 28.3 Å². The molecule has 0 spiro atoms. The van der Waals surface area contributed by atoms with Crippen LogP contribution in [0.15, 0.2) is 12.2 Å². The molecule has 0 aromatic rings. The quantitative estimate of drug-likeness (QED) is 0.376. The van der Waals surface area contributed by atoms with Gasteiger partial charge in [-0.1, -0.05) is 41.5 Å². The number of methoxy groups -OCH3 is 1. The van der Waals surface area contributed by atoms with E-state index in [1.54, 1.807) is 0 Å². The molecule has 0 saturated heterocycles. The lowest BCUT2D eigenvalue weighted by atomic mass is 10.4. The van der Waals surface area contributed by atoms with Gasteiger partial charge < -0.3 is 13.9 Å². The standard InChI is InChI=1S/C17H30O6Si/c1-11(2)24(12(3)4,13(5)6)23-17(20)14(7)22-16(19)10-9-15(18)21-8/h9-14H,1-8H3. The van der Waals surface area contributed by atoms with E-state index in [-0.39, 0.29) is 16.6 Å². The molecule has 0 aliphatic carbocycles. The van der Waals surface area contributed by atoms with E-state index in [4.69, 9.17) is 9.16 Å². The number of rotatable bonds is 8. The number of carbonyl (C=O) groups is 3.